The van der Waals surface area contributed by atoms with Gasteiger partial charge >= 0.3 is 6.18 Å². The Hall–Kier alpha value is -0.290. The van der Waals surface area contributed by atoms with Gasteiger partial charge in [-0.05, 0) is 50.0 Å². The van der Waals surface area contributed by atoms with Crippen LogP contribution < -0.4 is 5.73 Å². The minimum atomic E-state index is -4.04. The number of hydrogen-bond donors (Lipinski definition) is 1. The lowest BCUT2D eigenvalue weighted by Gasteiger charge is -2.46. The van der Waals surface area contributed by atoms with Gasteiger partial charge in [-0.1, -0.05) is 20.8 Å². The molecule has 1 atom stereocenters. The molecule has 0 aromatic carbocycles. The third kappa shape index (κ3) is 3.55. The molecule has 0 radical (unpaired) electrons. The van der Waals surface area contributed by atoms with E-state index in [1.807, 2.05) is 0 Å². The molecule has 5 heteroatoms. The second-order valence-electron chi connectivity index (χ2n) is 8.04. The fourth-order valence-corrected chi connectivity index (χ4v) is 4.03. The van der Waals surface area contributed by atoms with Crippen molar-refractivity contribution in [2.24, 2.45) is 23.0 Å². The molecule has 1 unspecified atom stereocenters. The zero-order chi connectivity index (χ0) is 15.9. The fraction of sp³-hybridized carbons (Fsp3) is 1.00. The first-order valence-electron chi connectivity index (χ1n) is 8.10. The molecular weight excluding hydrogens is 277 g/mol. The van der Waals surface area contributed by atoms with Gasteiger partial charge in [0.1, 0.15) is 0 Å². The molecule has 0 bridgehead atoms. The number of halogens is 3. The maximum atomic E-state index is 12.8. The summed E-state index contributed by atoms with van der Waals surface area (Å²) in [4.78, 5) is 2.40. The van der Waals surface area contributed by atoms with Crippen LogP contribution in [0, 0.1) is 17.3 Å². The molecular formula is C16H29F3N2. The smallest absolute Gasteiger partial charge is 0.329 e. The molecule has 0 spiro atoms. The van der Waals surface area contributed by atoms with E-state index in [1.54, 1.807) is 0 Å². The first kappa shape index (κ1) is 17.1. The molecule has 21 heavy (non-hydrogen) atoms. The number of likely N-dealkylation sites (tertiary alicyclic amines) is 1. The van der Waals surface area contributed by atoms with E-state index in [1.165, 1.54) is 0 Å². The van der Waals surface area contributed by atoms with E-state index < -0.39 is 12.1 Å². The highest BCUT2D eigenvalue weighted by molar-refractivity contribution is 5.00. The maximum Gasteiger partial charge on any atom is 0.391 e. The van der Waals surface area contributed by atoms with Crippen LogP contribution in [0.1, 0.15) is 52.9 Å². The van der Waals surface area contributed by atoms with Crippen LogP contribution >= 0.6 is 0 Å². The Morgan fingerprint density at radius 3 is 2.00 bits per heavy atom. The van der Waals surface area contributed by atoms with E-state index in [0.29, 0.717) is 25.3 Å². The Bertz CT molecular complexity index is 352. The van der Waals surface area contributed by atoms with E-state index in [0.717, 1.165) is 19.5 Å². The van der Waals surface area contributed by atoms with Crippen LogP contribution in [0.4, 0.5) is 13.2 Å². The van der Waals surface area contributed by atoms with Gasteiger partial charge in [0.05, 0.1) is 5.92 Å². The molecule has 1 saturated carbocycles. The highest BCUT2D eigenvalue weighted by Crippen LogP contribution is 2.45. The highest BCUT2D eigenvalue weighted by atomic mass is 19.4. The summed E-state index contributed by atoms with van der Waals surface area (Å²) >= 11 is 0. The van der Waals surface area contributed by atoms with Crippen molar-refractivity contribution in [1.29, 1.82) is 0 Å². The lowest BCUT2D eigenvalue weighted by Crippen LogP contribution is -2.55. The van der Waals surface area contributed by atoms with Crippen molar-refractivity contribution in [3.8, 4) is 0 Å². The van der Waals surface area contributed by atoms with Crippen molar-refractivity contribution < 1.29 is 13.2 Å². The van der Waals surface area contributed by atoms with Crippen LogP contribution in [0.2, 0.25) is 0 Å². The molecule has 1 saturated heterocycles. The first-order chi connectivity index (χ1) is 9.58. The lowest BCUT2D eigenvalue weighted by molar-refractivity contribution is -0.188. The number of nitrogens with zero attached hydrogens (tertiary/aromatic N) is 1. The zero-order valence-corrected chi connectivity index (χ0v) is 13.5. The van der Waals surface area contributed by atoms with Crippen LogP contribution in [0.15, 0.2) is 0 Å². The van der Waals surface area contributed by atoms with Crippen LogP contribution in [-0.2, 0) is 0 Å². The van der Waals surface area contributed by atoms with Crippen molar-refractivity contribution in [3.63, 3.8) is 0 Å². The summed E-state index contributed by atoms with van der Waals surface area (Å²) in [5.74, 6) is -0.514. The molecule has 2 rings (SSSR count). The number of nitrogens with two attached hydrogens (primary N) is 1. The first-order valence-corrected chi connectivity index (χ1v) is 8.10. The second-order valence-corrected chi connectivity index (χ2v) is 8.04. The minimum absolute atomic E-state index is 0.193. The van der Waals surface area contributed by atoms with Crippen molar-refractivity contribution >= 4 is 0 Å². The molecule has 1 aliphatic carbocycles. The van der Waals surface area contributed by atoms with Gasteiger partial charge in [0, 0.05) is 18.6 Å². The van der Waals surface area contributed by atoms with E-state index in [2.05, 4.69) is 25.7 Å². The monoisotopic (exact) mass is 306 g/mol. The molecule has 1 heterocycles. The Labute approximate surface area is 126 Å². The van der Waals surface area contributed by atoms with E-state index in [4.69, 9.17) is 5.73 Å². The summed E-state index contributed by atoms with van der Waals surface area (Å²) in [5, 5.41) is 0. The van der Waals surface area contributed by atoms with Gasteiger partial charge in [0.25, 0.3) is 0 Å². The van der Waals surface area contributed by atoms with Gasteiger partial charge in [-0.15, -0.1) is 0 Å². The topological polar surface area (TPSA) is 29.3 Å². The maximum absolute atomic E-state index is 12.8. The summed E-state index contributed by atoms with van der Waals surface area (Å²) < 4.78 is 38.5. The van der Waals surface area contributed by atoms with Crippen molar-refractivity contribution in [2.45, 2.75) is 64.6 Å². The molecule has 124 valence electrons. The predicted octanol–water partition coefficient (Wildman–Crippen LogP) is 3.80. The minimum Gasteiger partial charge on any atom is -0.329 e. The van der Waals surface area contributed by atoms with Crippen molar-refractivity contribution in [1.82, 2.24) is 4.90 Å². The molecule has 0 aromatic heterocycles. The molecule has 0 aromatic rings. The summed E-state index contributed by atoms with van der Waals surface area (Å²) in [6.45, 7) is 9.19. The predicted molar refractivity (Wildman–Crippen MR) is 78.9 cm³/mol. The van der Waals surface area contributed by atoms with Gasteiger partial charge in [0.15, 0.2) is 0 Å². The molecule has 2 fully saturated rings. The molecule has 2 N–H and O–H groups in total. The molecule has 0 amide bonds. The number of hydrogen-bond acceptors (Lipinski definition) is 2. The third-order valence-electron chi connectivity index (χ3n) is 5.84. The average molecular weight is 306 g/mol. The molecule has 2 nitrogen and oxygen atoms in total. The van der Waals surface area contributed by atoms with Crippen LogP contribution in [0.25, 0.3) is 0 Å². The van der Waals surface area contributed by atoms with Gasteiger partial charge in [-0.25, -0.2) is 0 Å². The summed E-state index contributed by atoms with van der Waals surface area (Å²) in [7, 11) is 0. The van der Waals surface area contributed by atoms with Crippen LogP contribution in [0.3, 0.4) is 0 Å². The summed E-state index contributed by atoms with van der Waals surface area (Å²) in [6, 6.07) is 0. The Morgan fingerprint density at radius 2 is 1.62 bits per heavy atom. The third-order valence-corrected chi connectivity index (χ3v) is 5.84. The van der Waals surface area contributed by atoms with E-state index in [9.17, 15) is 13.2 Å². The SMILES string of the molecule is CC(C)(C)C1CCN(C2(CN)CCC(C(F)(F)F)CC2)C1. The standard InChI is InChI=1S/C16H29F3N2/c1-14(2,3)13-6-9-21(10-13)15(11-20)7-4-12(5-8-15)16(17,18)19/h12-13H,4-11,20H2,1-3H3. The lowest BCUT2D eigenvalue weighted by atomic mass is 9.75. The van der Waals surface area contributed by atoms with Crippen molar-refractivity contribution in [3.05, 3.63) is 0 Å². The van der Waals surface area contributed by atoms with Gasteiger partial charge < -0.3 is 5.73 Å². The average Bonchev–Trinajstić information content (AvgIpc) is 2.87. The van der Waals surface area contributed by atoms with Crippen LogP contribution in [0.5, 0.6) is 0 Å². The summed E-state index contributed by atoms with van der Waals surface area (Å²) in [5.41, 5.74) is 6.07. The molecule has 1 aliphatic heterocycles. The number of alkyl halides is 3. The van der Waals surface area contributed by atoms with Gasteiger partial charge in [-0.3, -0.25) is 4.90 Å². The van der Waals surface area contributed by atoms with Gasteiger partial charge in [-0.2, -0.15) is 13.2 Å². The Kier molecular flexibility index (Phi) is 4.66. The zero-order valence-electron chi connectivity index (χ0n) is 13.5. The Balaban J connectivity index is 2.01. The summed E-state index contributed by atoms with van der Waals surface area (Å²) in [6.07, 6.45) is -1.27. The molecule has 2 aliphatic rings. The van der Waals surface area contributed by atoms with Gasteiger partial charge in [0.2, 0.25) is 0 Å². The quantitative estimate of drug-likeness (QED) is 0.840. The fourth-order valence-electron chi connectivity index (χ4n) is 4.03. The normalized spacial score (nSPS) is 36.1. The van der Waals surface area contributed by atoms with Crippen molar-refractivity contribution in [2.75, 3.05) is 19.6 Å². The Morgan fingerprint density at radius 1 is 1.05 bits per heavy atom. The second kappa shape index (κ2) is 5.73. The number of rotatable bonds is 2. The largest absolute Gasteiger partial charge is 0.391 e. The van der Waals surface area contributed by atoms with E-state index >= 15 is 0 Å². The van der Waals surface area contributed by atoms with Crippen LogP contribution in [-0.4, -0.2) is 36.2 Å². The highest BCUT2D eigenvalue weighted by Gasteiger charge is 2.49. The van der Waals surface area contributed by atoms with E-state index in [-0.39, 0.29) is 23.8 Å².